The minimum atomic E-state index is -3.46. The van der Waals surface area contributed by atoms with Crippen LogP contribution in [-0.4, -0.2) is 37.0 Å². The van der Waals surface area contributed by atoms with Crippen molar-refractivity contribution in [2.75, 3.05) is 18.4 Å². The summed E-state index contributed by atoms with van der Waals surface area (Å²) in [5.41, 5.74) is 1.49. The molecule has 1 heterocycles. The molecule has 1 aliphatic heterocycles. The van der Waals surface area contributed by atoms with Gasteiger partial charge < -0.3 is 10.6 Å². The molecule has 0 bridgehead atoms. The average molecular weight is 410 g/mol. The van der Waals surface area contributed by atoms with Crippen molar-refractivity contribution in [3.8, 4) is 0 Å². The van der Waals surface area contributed by atoms with E-state index in [1.165, 1.54) is 19.3 Å². The van der Waals surface area contributed by atoms with Gasteiger partial charge in [0.1, 0.15) is 0 Å². The van der Waals surface area contributed by atoms with Crippen molar-refractivity contribution in [3.63, 3.8) is 0 Å². The van der Waals surface area contributed by atoms with Crippen LogP contribution in [0.15, 0.2) is 23.1 Å². The summed E-state index contributed by atoms with van der Waals surface area (Å²) >= 11 is 5.48. The zero-order valence-electron chi connectivity index (χ0n) is 16.3. The number of hydrogen-bond acceptors (Lipinski definition) is 3. The van der Waals surface area contributed by atoms with E-state index in [2.05, 4.69) is 17.6 Å². The van der Waals surface area contributed by atoms with Crippen LogP contribution >= 0.6 is 12.2 Å². The number of benzene rings is 1. The molecule has 0 amide bonds. The van der Waals surface area contributed by atoms with Crippen molar-refractivity contribution in [2.45, 2.75) is 69.7 Å². The molecule has 0 spiro atoms. The first-order valence-electron chi connectivity index (χ1n) is 10.1. The number of hydrogen-bond donors (Lipinski definition) is 2. The topological polar surface area (TPSA) is 61.4 Å². The van der Waals surface area contributed by atoms with Crippen molar-refractivity contribution in [3.05, 3.63) is 23.8 Å². The fourth-order valence-electron chi connectivity index (χ4n) is 4.07. The number of aryl methyl sites for hydroxylation is 1. The van der Waals surface area contributed by atoms with Crippen LogP contribution in [0.5, 0.6) is 0 Å². The lowest BCUT2D eigenvalue weighted by atomic mass is 9.86. The maximum Gasteiger partial charge on any atom is 0.243 e. The van der Waals surface area contributed by atoms with Crippen LogP contribution in [0.2, 0.25) is 0 Å². The molecule has 2 atom stereocenters. The molecule has 1 saturated heterocycles. The normalized spacial score (nSPS) is 24.4. The molecule has 0 radical (unpaired) electrons. The monoisotopic (exact) mass is 409 g/mol. The maximum absolute atomic E-state index is 13.1. The predicted octanol–water partition coefficient (Wildman–Crippen LogP) is 4.03. The molecule has 2 fully saturated rings. The SMILES string of the molecule is Cc1ccc(NC(=S)NC2CCCCC2C)cc1S(=O)(=O)N1CCCCC1. The summed E-state index contributed by atoms with van der Waals surface area (Å²) in [6.07, 6.45) is 7.84. The minimum Gasteiger partial charge on any atom is -0.359 e. The average Bonchev–Trinajstić information content (AvgIpc) is 2.66. The van der Waals surface area contributed by atoms with Gasteiger partial charge in [-0.3, -0.25) is 0 Å². The number of piperidine rings is 1. The number of anilines is 1. The number of rotatable bonds is 4. The Labute approximate surface area is 169 Å². The summed E-state index contributed by atoms with van der Waals surface area (Å²) in [7, 11) is -3.46. The van der Waals surface area contributed by atoms with Crippen molar-refractivity contribution in [1.82, 2.24) is 9.62 Å². The van der Waals surface area contributed by atoms with Crippen LogP contribution in [-0.2, 0) is 10.0 Å². The standard InChI is InChI=1S/C20H31N3O2S2/c1-15-8-4-5-9-18(15)22-20(26)21-17-11-10-16(2)19(14-17)27(24,25)23-12-6-3-7-13-23/h10-11,14-15,18H,3-9,12-13H2,1-2H3,(H2,21,22,26). The number of nitrogens with zero attached hydrogens (tertiary/aromatic N) is 1. The molecule has 1 aliphatic carbocycles. The van der Waals surface area contributed by atoms with E-state index in [1.807, 2.05) is 19.1 Å². The summed E-state index contributed by atoms with van der Waals surface area (Å²) < 4.78 is 27.7. The summed E-state index contributed by atoms with van der Waals surface area (Å²) in [6.45, 7) is 5.33. The Morgan fingerprint density at radius 2 is 1.81 bits per heavy atom. The quantitative estimate of drug-likeness (QED) is 0.735. The Kier molecular flexibility index (Phi) is 6.76. The minimum absolute atomic E-state index is 0.378. The molecular formula is C20H31N3O2S2. The molecule has 27 heavy (non-hydrogen) atoms. The second kappa shape index (κ2) is 8.88. The smallest absolute Gasteiger partial charge is 0.243 e. The van der Waals surface area contributed by atoms with Crippen LogP contribution in [0.4, 0.5) is 5.69 Å². The molecule has 7 heteroatoms. The van der Waals surface area contributed by atoms with E-state index >= 15 is 0 Å². The fraction of sp³-hybridized carbons (Fsp3) is 0.650. The third-order valence-electron chi connectivity index (χ3n) is 5.81. The van der Waals surface area contributed by atoms with E-state index in [0.717, 1.165) is 36.9 Å². The molecule has 2 unspecified atom stereocenters. The van der Waals surface area contributed by atoms with Crippen molar-refractivity contribution >= 4 is 33.0 Å². The van der Waals surface area contributed by atoms with E-state index in [9.17, 15) is 8.42 Å². The highest BCUT2D eigenvalue weighted by Gasteiger charge is 2.28. The molecule has 1 saturated carbocycles. The molecule has 150 valence electrons. The first-order valence-corrected chi connectivity index (χ1v) is 11.9. The van der Waals surface area contributed by atoms with Gasteiger partial charge >= 0.3 is 0 Å². The second-order valence-corrected chi connectivity index (χ2v) is 10.2. The number of thiocarbonyl (C=S) groups is 1. The van der Waals surface area contributed by atoms with Crippen molar-refractivity contribution in [1.29, 1.82) is 0 Å². The lowest BCUT2D eigenvalue weighted by Crippen LogP contribution is -2.43. The largest absolute Gasteiger partial charge is 0.359 e. The van der Waals surface area contributed by atoms with Crippen molar-refractivity contribution < 1.29 is 8.42 Å². The zero-order valence-corrected chi connectivity index (χ0v) is 18.0. The van der Waals surface area contributed by atoms with Crippen LogP contribution < -0.4 is 10.6 Å². The molecule has 0 aromatic heterocycles. The molecule has 3 rings (SSSR count). The lowest BCUT2D eigenvalue weighted by molar-refractivity contribution is 0.309. The number of sulfonamides is 1. The van der Waals surface area contributed by atoms with E-state index < -0.39 is 10.0 Å². The van der Waals surface area contributed by atoms with Gasteiger partial charge in [-0.1, -0.05) is 32.3 Å². The zero-order chi connectivity index (χ0) is 19.4. The summed E-state index contributed by atoms with van der Waals surface area (Å²) in [5, 5.41) is 7.17. The molecule has 2 N–H and O–H groups in total. The van der Waals surface area contributed by atoms with Crippen LogP contribution in [0.3, 0.4) is 0 Å². The third-order valence-corrected chi connectivity index (χ3v) is 8.07. The van der Waals surface area contributed by atoms with Gasteiger partial charge in [-0.25, -0.2) is 8.42 Å². The summed E-state index contributed by atoms with van der Waals surface area (Å²) in [5.74, 6) is 0.603. The number of nitrogens with one attached hydrogen (secondary N) is 2. The van der Waals surface area contributed by atoms with Gasteiger partial charge in [0.05, 0.1) is 4.90 Å². The van der Waals surface area contributed by atoms with Crippen LogP contribution in [0, 0.1) is 12.8 Å². The summed E-state index contributed by atoms with van der Waals surface area (Å²) in [4.78, 5) is 0.378. The van der Waals surface area contributed by atoms with Gasteiger partial charge in [0.25, 0.3) is 0 Å². The molecule has 1 aromatic rings. The van der Waals surface area contributed by atoms with Gasteiger partial charge in [-0.15, -0.1) is 0 Å². The first-order chi connectivity index (χ1) is 12.9. The molecule has 2 aliphatic rings. The van der Waals surface area contributed by atoms with E-state index in [0.29, 0.717) is 35.1 Å². The molecule has 1 aromatic carbocycles. The Balaban J connectivity index is 1.72. The van der Waals surface area contributed by atoms with Gasteiger partial charge in [-0.05, 0) is 68.4 Å². The van der Waals surface area contributed by atoms with Crippen LogP contribution in [0.25, 0.3) is 0 Å². The Bertz CT molecular complexity index is 773. The van der Waals surface area contributed by atoms with Gasteiger partial charge in [0, 0.05) is 24.8 Å². The maximum atomic E-state index is 13.1. The van der Waals surface area contributed by atoms with E-state index in [-0.39, 0.29) is 0 Å². The highest BCUT2D eigenvalue weighted by Crippen LogP contribution is 2.27. The Hall–Kier alpha value is -1.18. The Morgan fingerprint density at radius 1 is 1.11 bits per heavy atom. The highest BCUT2D eigenvalue weighted by molar-refractivity contribution is 7.89. The second-order valence-electron chi connectivity index (χ2n) is 7.91. The van der Waals surface area contributed by atoms with Gasteiger partial charge in [0.15, 0.2) is 5.11 Å². The molecular weight excluding hydrogens is 378 g/mol. The summed E-state index contributed by atoms with van der Waals surface area (Å²) in [6, 6.07) is 5.85. The van der Waals surface area contributed by atoms with Gasteiger partial charge in [0.2, 0.25) is 10.0 Å². The van der Waals surface area contributed by atoms with Gasteiger partial charge in [-0.2, -0.15) is 4.31 Å². The Morgan fingerprint density at radius 3 is 2.52 bits per heavy atom. The van der Waals surface area contributed by atoms with E-state index in [1.54, 1.807) is 10.4 Å². The third kappa shape index (κ3) is 5.00. The predicted molar refractivity (Wildman–Crippen MR) is 115 cm³/mol. The van der Waals surface area contributed by atoms with Crippen molar-refractivity contribution in [2.24, 2.45) is 5.92 Å². The van der Waals surface area contributed by atoms with E-state index in [4.69, 9.17) is 12.2 Å². The fourth-order valence-corrected chi connectivity index (χ4v) is 6.10. The first kappa shape index (κ1) is 20.6. The van der Waals surface area contributed by atoms with Crippen LogP contribution in [0.1, 0.15) is 57.4 Å². The lowest BCUT2D eigenvalue weighted by Gasteiger charge is -2.30. The molecule has 5 nitrogen and oxygen atoms in total. The highest BCUT2D eigenvalue weighted by atomic mass is 32.2.